The van der Waals surface area contributed by atoms with Crippen molar-refractivity contribution in [2.24, 2.45) is 5.73 Å². The summed E-state index contributed by atoms with van der Waals surface area (Å²) in [5.41, 5.74) is 9.32. The second-order valence-electron chi connectivity index (χ2n) is 6.40. The lowest BCUT2D eigenvalue weighted by Crippen LogP contribution is -2.56. The Morgan fingerprint density at radius 2 is 1.89 bits per heavy atom. The first-order valence-electron chi connectivity index (χ1n) is 8.66. The number of halogens is 1. The van der Waals surface area contributed by atoms with Crippen LogP contribution in [0.3, 0.4) is 0 Å². The van der Waals surface area contributed by atoms with Crippen molar-refractivity contribution in [1.82, 2.24) is 20.5 Å². The smallest absolute Gasteiger partial charge is 0.236 e. The summed E-state index contributed by atoms with van der Waals surface area (Å²) in [6, 6.07) is 11.1. The van der Waals surface area contributed by atoms with Gasteiger partial charge in [0.25, 0.3) is 0 Å². The van der Waals surface area contributed by atoms with Crippen LogP contribution in [0.25, 0.3) is 22.4 Å². The van der Waals surface area contributed by atoms with E-state index in [0.29, 0.717) is 18.1 Å². The maximum Gasteiger partial charge on any atom is 0.236 e. The maximum atomic E-state index is 11.6. The molecule has 1 amide bonds. The van der Waals surface area contributed by atoms with Crippen molar-refractivity contribution in [3.63, 3.8) is 0 Å². The van der Waals surface area contributed by atoms with Crippen molar-refractivity contribution in [1.29, 1.82) is 0 Å². The molecule has 0 aliphatic carbocycles. The minimum Gasteiger partial charge on any atom is -0.368 e. The van der Waals surface area contributed by atoms with Crippen LogP contribution in [0.4, 0.5) is 5.82 Å². The van der Waals surface area contributed by atoms with Crippen molar-refractivity contribution < 1.29 is 4.79 Å². The number of piperazine rings is 1. The normalized spacial score (nSPS) is 17.1. The fourth-order valence-electron chi connectivity index (χ4n) is 3.31. The van der Waals surface area contributed by atoms with Gasteiger partial charge < -0.3 is 16.0 Å². The van der Waals surface area contributed by atoms with Crippen molar-refractivity contribution >= 4 is 23.3 Å². The standard InChI is InChI=1S/C19H19ClN6O/c20-14-3-1-13(2-4-14)17-16(12-5-7-22-8-6-12)19(25-24-17)26-10-9-23-15(11-26)18(21)27/h1-8,15,23H,9-11H2,(H2,21,27)(H,24,25). The number of amides is 1. The number of hydrogen-bond donors (Lipinski definition) is 3. The second kappa shape index (κ2) is 7.38. The lowest BCUT2D eigenvalue weighted by atomic mass is 10.0. The van der Waals surface area contributed by atoms with Gasteiger partial charge in [0.1, 0.15) is 6.04 Å². The Morgan fingerprint density at radius 1 is 1.15 bits per heavy atom. The summed E-state index contributed by atoms with van der Waals surface area (Å²) in [5.74, 6) is 0.428. The number of nitrogens with one attached hydrogen (secondary N) is 2. The highest BCUT2D eigenvalue weighted by molar-refractivity contribution is 6.30. The van der Waals surface area contributed by atoms with E-state index in [-0.39, 0.29) is 5.91 Å². The molecule has 1 saturated heterocycles. The van der Waals surface area contributed by atoms with Crippen molar-refractivity contribution in [2.45, 2.75) is 6.04 Å². The number of aromatic nitrogens is 3. The van der Waals surface area contributed by atoms with E-state index in [4.69, 9.17) is 17.3 Å². The van der Waals surface area contributed by atoms with Gasteiger partial charge in [-0.2, -0.15) is 5.10 Å². The van der Waals surface area contributed by atoms with Gasteiger partial charge >= 0.3 is 0 Å². The highest BCUT2D eigenvalue weighted by Crippen LogP contribution is 2.38. The summed E-state index contributed by atoms with van der Waals surface area (Å²) in [5, 5.41) is 11.6. The molecular formula is C19H19ClN6O. The number of primary amides is 1. The monoisotopic (exact) mass is 382 g/mol. The highest BCUT2D eigenvalue weighted by Gasteiger charge is 2.28. The Hall–Kier alpha value is -2.90. The molecule has 1 aromatic carbocycles. The molecule has 1 aliphatic rings. The summed E-state index contributed by atoms with van der Waals surface area (Å²) < 4.78 is 0. The maximum absolute atomic E-state index is 11.6. The number of benzene rings is 1. The summed E-state index contributed by atoms with van der Waals surface area (Å²) in [7, 11) is 0. The number of rotatable bonds is 4. The van der Waals surface area contributed by atoms with Crippen LogP contribution in [0, 0.1) is 0 Å². The number of H-pyrrole nitrogens is 1. The van der Waals surface area contributed by atoms with Gasteiger partial charge in [0, 0.05) is 42.6 Å². The molecule has 0 bridgehead atoms. The first kappa shape index (κ1) is 17.5. The molecule has 3 heterocycles. The molecule has 1 fully saturated rings. The number of aromatic amines is 1. The molecule has 4 N–H and O–H groups in total. The zero-order chi connectivity index (χ0) is 18.8. The highest BCUT2D eigenvalue weighted by atomic mass is 35.5. The molecule has 0 spiro atoms. The number of anilines is 1. The molecule has 2 aromatic heterocycles. The van der Waals surface area contributed by atoms with Gasteiger partial charge in [-0.1, -0.05) is 23.7 Å². The summed E-state index contributed by atoms with van der Waals surface area (Å²) in [6.45, 7) is 1.86. The Labute approximate surface area is 161 Å². The fraction of sp³-hybridized carbons (Fsp3) is 0.211. The van der Waals surface area contributed by atoms with E-state index < -0.39 is 6.04 Å². The predicted molar refractivity (Wildman–Crippen MR) is 105 cm³/mol. The Morgan fingerprint density at radius 3 is 2.59 bits per heavy atom. The van der Waals surface area contributed by atoms with Crippen LogP contribution in [0.5, 0.6) is 0 Å². The quantitative estimate of drug-likeness (QED) is 0.641. The van der Waals surface area contributed by atoms with Gasteiger partial charge in [-0.05, 0) is 29.8 Å². The average molecular weight is 383 g/mol. The van der Waals surface area contributed by atoms with E-state index in [1.165, 1.54) is 0 Å². The van der Waals surface area contributed by atoms with E-state index in [2.05, 4.69) is 25.4 Å². The Balaban J connectivity index is 1.80. The van der Waals surface area contributed by atoms with E-state index in [1.807, 2.05) is 36.4 Å². The molecule has 1 atom stereocenters. The molecule has 4 rings (SSSR count). The minimum atomic E-state index is -0.403. The topological polar surface area (TPSA) is 99.9 Å². The number of carbonyl (C=O) groups is 1. The average Bonchev–Trinajstić information content (AvgIpc) is 3.14. The van der Waals surface area contributed by atoms with Gasteiger partial charge in [0.05, 0.1) is 11.3 Å². The van der Waals surface area contributed by atoms with E-state index in [1.54, 1.807) is 12.4 Å². The largest absolute Gasteiger partial charge is 0.368 e. The molecular weight excluding hydrogens is 364 g/mol. The van der Waals surface area contributed by atoms with Gasteiger partial charge in [-0.25, -0.2) is 0 Å². The Kier molecular flexibility index (Phi) is 4.79. The number of nitrogens with two attached hydrogens (primary N) is 1. The molecule has 138 valence electrons. The lowest BCUT2D eigenvalue weighted by molar-refractivity contribution is -0.120. The molecule has 1 aliphatic heterocycles. The van der Waals surface area contributed by atoms with Crippen LogP contribution < -0.4 is 16.0 Å². The van der Waals surface area contributed by atoms with Gasteiger partial charge in [0.2, 0.25) is 5.91 Å². The van der Waals surface area contributed by atoms with Gasteiger partial charge in [0.15, 0.2) is 5.82 Å². The van der Waals surface area contributed by atoms with Gasteiger partial charge in [-0.3, -0.25) is 14.9 Å². The molecule has 3 aromatic rings. The number of hydrogen-bond acceptors (Lipinski definition) is 5. The van der Waals surface area contributed by atoms with Crippen LogP contribution >= 0.6 is 11.6 Å². The zero-order valence-electron chi connectivity index (χ0n) is 14.5. The van der Waals surface area contributed by atoms with Gasteiger partial charge in [-0.15, -0.1) is 0 Å². The van der Waals surface area contributed by atoms with Crippen molar-refractivity contribution in [2.75, 3.05) is 24.5 Å². The fourth-order valence-corrected chi connectivity index (χ4v) is 3.44. The third-order valence-corrected chi connectivity index (χ3v) is 4.92. The predicted octanol–water partition coefficient (Wildman–Crippen LogP) is 2.06. The molecule has 27 heavy (non-hydrogen) atoms. The molecule has 0 saturated carbocycles. The molecule has 8 heteroatoms. The third kappa shape index (κ3) is 3.51. The van der Waals surface area contributed by atoms with Crippen LogP contribution in [-0.2, 0) is 4.79 Å². The Bertz CT molecular complexity index is 941. The van der Waals surface area contributed by atoms with Crippen molar-refractivity contribution in [3.05, 3.63) is 53.8 Å². The van der Waals surface area contributed by atoms with E-state index in [9.17, 15) is 4.79 Å². The first-order valence-corrected chi connectivity index (χ1v) is 9.03. The first-order chi connectivity index (χ1) is 13.1. The van der Waals surface area contributed by atoms with Crippen molar-refractivity contribution in [3.8, 4) is 22.4 Å². The summed E-state index contributed by atoms with van der Waals surface area (Å²) in [4.78, 5) is 17.8. The third-order valence-electron chi connectivity index (χ3n) is 4.67. The number of pyridine rings is 1. The number of carbonyl (C=O) groups excluding carboxylic acids is 1. The van der Waals surface area contributed by atoms with Crippen LogP contribution in [0.2, 0.25) is 5.02 Å². The SMILES string of the molecule is NC(=O)C1CN(c2n[nH]c(-c3ccc(Cl)cc3)c2-c2ccncc2)CCN1. The summed E-state index contributed by atoms with van der Waals surface area (Å²) >= 11 is 6.04. The van der Waals surface area contributed by atoms with E-state index in [0.717, 1.165) is 34.7 Å². The number of nitrogens with zero attached hydrogens (tertiary/aromatic N) is 3. The van der Waals surface area contributed by atoms with Crippen LogP contribution in [-0.4, -0.2) is 46.8 Å². The molecule has 1 unspecified atom stereocenters. The minimum absolute atomic E-state index is 0.362. The second-order valence-corrected chi connectivity index (χ2v) is 6.83. The molecule has 0 radical (unpaired) electrons. The van der Waals surface area contributed by atoms with Crippen LogP contribution in [0.15, 0.2) is 48.8 Å². The lowest BCUT2D eigenvalue weighted by Gasteiger charge is -2.32. The molecule has 7 nitrogen and oxygen atoms in total. The van der Waals surface area contributed by atoms with E-state index >= 15 is 0 Å². The van der Waals surface area contributed by atoms with Crippen LogP contribution in [0.1, 0.15) is 0 Å². The zero-order valence-corrected chi connectivity index (χ0v) is 15.3. The summed E-state index contributed by atoms with van der Waals surface area (Å²) in [6.07, 6.45) is 3.50.